The van der Waals surface area contributed by atoms with Crippen LogP contribution in [0, 0.1) is 0 Å². The van der Waals surface area contributed by atoms with Gasteiger partial charge in [-0.15, -0.1) is 0 Å². The number of rotatable bonds is 1. The van der Waals surface area contributed by atoms with E-state index in [1.54, 1.807) is 6.33 Å². The molecular formula is C9H7BrN2. The van der Waals surface area contributed by atoms with Crippen molar-refractivity contribution < 1.29 is 0 Å². The Labute approximate surface area is 79.0 Å². The van der Waals surface area contributed by atoms with E-state index in [9.17, 15) is 0 Å². The van der Waals surface area contributed by atoms with Crippen LogP contribution in [0.4, 0.5) is 0 Å². The van der Waals surface area contributed by atoms with Gasteiger partial charge in [0.15, 0.2) is 0 Å². The predicted octanol–water partition coefficient (Wildman–Crippen LogP) is 2.63. The Hall–Kier alpha value is -1.09. The molecule has 1 aromatic heterocycles. The monoisotopic (exact) mass is 222 g/mol. The van der Waals surface area contributed by atoms with E-state index in [0.29, 0.717) is 0 Å². The van der Waals surface area contributed by atoms with Crippen LogP contribution in [0.15, 0.2) is 47.5 Å². The van der Waals surface area contributed by atoms with Crippen molar-refractivity contribution >= 4 is 15.9 Å². The van der Waals surface area contributed by atoms with E-state index in [0.717, 1.165) is 10.3 Å². The first-order valence-corrected chi connectivity index (χ1v) is 4.40. The zero-order valence-corrected chi connectivity index (χ0v) is 7.90. The van der Waals surface area contributed by atoms with Gasteiger partial charge in [0.25, 0.3) is 0 Å². The van der Waals surface area contributed by atoms with Gasteiger partial charge in [-0.3, -0.25) is 0 Å². The van der Waals surface area contributed by atoms with Crippen LogP contribution in [0.25, 0.3) is 5.69 Å². The smallest absolute Gasteiger partial charge is 0.124 e. The zero-order chi connectivity index (χ0) is 8.39. The topological polar surface area (TPSA) is 17.8 Å². The van der Waals surface area contributed by atoms with Gasteiger partial charge in [-0.2, -0.15) is 0 Å². The lowest BCUT2D eigenvalue weighted by atomic mass is 10.3. The number of benzene rings is 1. The average molecular weight is 223 g/mol. The van der Waals surface area contributed by atoms with Gasteiger partial charge in [0.1, 0.15) is 10.9 Å². The molecule has 0 atom stereocenters. The van der Waals surface area contributed by atoms with E-state index < -0.39 is 0 Å². The summed E-state index contributed by atoms with van der Waals surface area (Å²) in [5.41, 5.74) is 1.12. The standard InChI is InChI=1S/C9H7BrN2/c10-9-6-12(7-11-9)8-4-2-1-3-5-8/h1-7H. The molecule has 0 aliphatic heterocycles. The number of para-hydroxylation sites is 1. The largest absolute Gasteiger partial charge is 0.305 e. The minimum Gasteiger partial charge on any atom is -0.305 e. The molecule has 1 heterocycles. The molecule has 0 saturated carbocycles. The van der Waals surface area contributed by atoms with Crippen molar-refractivity contribution in [3.8, 4) is 5.69 Å². The summed E-state index contributed by atoms with van der Waals surface area (Å²) < 4.78 is 2.82. The third-order valence-electron chi connectivity index (χ3n) is 1.61. The molecule has 12 heavy (non-hydrogen) atoms. The maximum atomic E-state index is 4.07. The highest BCUT2D eigenvalue weighted by Gasteiger charge is 1.95. The van der Waals surface area contributed by atoms with Gasteiger partial charge in [-0.05, 0) is 28.1 Å². The third-order valence-corrected chi connectivity index (χ3v) is 2.01. The van der Waals surface area contributed by atoms with Crippen LogP contribution in [0.3, 0.4) is 0 Å². The maximum Gasteiger partial charge on any atom is 0.124 e. The minimum absolute atomic E-state index is 0.853. The summed E-state index contributed by atoms with van der Waals surface area (Å²) in [4.78, 5) is 4.07. The van der Waals surface area contributed by atoms with Crippen LogP contribution in [-0.2, 0) is 0 Å². The summed E-state index contributed by atoms with van der Waals surface area (Å²) in [6.45, 7) is 0. The Morgan fingerprint density at radius 1 is 1.17 bits per heavy atom. The first-order valence-electron chi connectivity index (χ1n) is 3.61. The molecule has 3 heteroatoms. The van der Waals surface area contributed by atoms with Crippen molar-refractivity contribution in [2.45, 2.75) is 0 Å². The van der Waals surface area contributed by atoms with Crippen molar-refractivity contribution in [3.05, 3.63) is 47.5 Å². The lowest BCUT2D eigenvalue weighted by Gasteiger charge is -1.98. The van der Waals surface area contributed by atoms with E-state index >= 15 is 0 Å². The van der Waals surface area contributed by atoms with Crippen LogP contribution in [0.5, 0.6) is 0 Å². The van der Waals surface area contributed by atoms with Gasteiger partial charge < -0.3 is 4.57 Å². The Morgan fingerprint density at radius 3 is 2.50 bits per heavy atom. The molecular weight excluding hydrogens is 216 g/mol. The van der Waals surface area contributed by atoms with Crippen molar-refractivity contribution in [1.29, 1.82) is 0 Å². The van der Waals surface area contributed by atoms with Crippen molar-refractivity contribution in [1.82, 2.24) is 9.55 Å². The molecule has 2 nitrogen and oxygen atoms in total. The highest BCUT2D eigenvalue weighted by molar-refractivity contribution is 9.10. The predicted molar refractivity (Wildman–Crippen MR) is 51.3 cm³/mol. The van der Waals surface area contributed by atoms with Crippen molar-refractivity contribution in [3.63, 3.8) is 0 Å². The summed E-state index contributed by atoms with van der Waals surface area (Å²) in [7, 11) is 0. The molecule has 0 saturated heterocycles. The molecule has 0 spiro atoms. The van der Waals surface area contributed by atoms with Crippen LogP contribution in [-0.4, -0.2) is 9.55 Å². The average Bonchev–Trinajstić information content (AvgIpc) is 2.54. The zero-order valence-electron chi connectivity index (χ0n) is 6.31. The fourth-order valence-electron chi connectivity index (χ4n) is 1.04. The van der Waals surface area contributed by atoms with E-state index in [1.807, 2.05) is 41.1 Å². The van der Waals surface area contributed by atoms with E-state index in [2.05, 4.69) is 20.9 Å². The van der Waals surface area contributed by atoms with Crippen LogP contribution in [0.1, 0.15) is 0 Å². The summed E-state index contributed by atoms with van der Waals surface area (Å²) in [5.74, 6) is 0. The van der Waals surface area contributed by atoms with Crippen LogP contribution in [0.2, 0.25) is 0 Å². The number of hydrogen-bond acceptors (Lipinski definition) is 1. The SMILES string of the molecule is Brc1cn(-c2ccccc2)cn1. The Kier molecular flexibility index (Phi) is 1.96. The summed E-state index contributed by atoms with van der Waals surface area (Å²) in [5, 5.41) is 0. The highest BCUT2D eigenvalue weighted by Crippen LogP contribution is 2.10. The first-order chi connectivity index (χ1) is 5.86. The normalized spacial score (nSPS) is 10.1. The highest BCUT2D eigenvalue weighted by atomic mass is 79.9. The molecule has 0 bridgehead atoms. The quantitative estimate of drug-likeness (QED) is 0.726. The lowest BCUT2D eigenvalue weighted by Crippen LogP contribution is -1.87. The van der Waals surface area contributed by atoms with Crippen molar-refractivity contribution in [2.24, 2.45) is 0 Å². The van der Waals surface area contributed by atoms with Crippen LogP contribution >= 0.6 is 15.9 Å². The maximum absolute atomic E-state index is 4.07. The third kappa shape index (κ3) is 1.41. The molecule has 60 valence electrons. The van der Waals surface area contributed by atoms with Gasteiger partial charge >= 0.3 is 0 Å². The Bertz CT molecular complexity index is 367. The number of nitrogens with zero attached hydrogens (tertiary/aromatic N) is 2. The lowest BCUT2D eigenvalue weighted by molar-refractivity contribution is 1.06. The Balaban J connectivity index is 2.45. The number of hydrogen-bond donors (Lipinski definition) is 0. The summed E-state index contributed by atoms with van der Waals surface area (Å²) >= 11 is 3.30. The number of aromatic nitrogens is 2. The summed E-state index contributed by atoms with van der Waals surface area (Å²) in [6, 6.07) is 10.1. The second-order valence-corrected chi connectivity index (χ2v) is 3.25. The minimum atomic E-state index is 0.853. The number of halogens is 1. The van der Waals surface area contributed by atoms with Crippen LogP contribution < -0.4 is 0 Å². The molecule has 0 radical (unpaired) electrons. The van der Waals surface area contributed by atoms with Gasteiger partial charge in [0.2, 0.25) is 0 Å². The molecule has 0 fully saturated rings. The van der Waals surface area contributed by atoms with Gasteiger partial charge in [0.05, 0.1) is 0 Å². The van der Waals surface area contributed by atoms with E-state index in [4.69, 9.17) is 0 Å². The second-order valence-electron chi connectivity index (χ2n) is 2.44. The fraction of sp³-hybridized carbons (Fsp3) is 0. The van der Waals surface area contributed by atoms with Gasteiger partial charge in [-0.1, -0.05) is 18.2 Å². The molecule has 0 unspecified atom stereocenters. The molecule has 2 aromatic rings. The fourth-order valence-corrected chi connectivity index (χ4v) is 1.35. The van der Waals surface area contributed by atoms with Crippen molar-refractivity contribution in [2.75, 3.05) is 0 Å². The summed E-state index contributed by atoms with van der Waals surface area (Å²) in [6.07, 6.45) is 3.70. The second kappa shape index (κ2) is 3.11. The number of imidazole rings is 1. The molecule has 0 amide bonds. The molecule has 0 aliphatic carbocycles. The van der Waals surface area contributed by atoms with E-state index in [-0.39, 0.29) is 0 Å². The van der Waals surface area contributed by atoms with E-state index in [1.165, 1.54) is 0 Å². The molecule has 1 aromatic carbocycles. The first kappa shape index (κ1) is 7.55. The molecule has 0 N–H and O–H groups in total. The van der Waals surface area contributed by atoms with Gasteiger partial charge in [0, 0.05) is 11.9 Å². The molecule has 0 aliphatic rings. The van der Waals surface area contributed by atoms with Gasteiger partial charge in [-0.25, -0.2) is 4.98 Å². The Morgan fingerprint density at radius 2 is 1.92 bits per heavy atom. The molecule has 2 rings (SSSR count).